The number of carbonyl (C=O) groups is 1. The summed E-state index contributed by atoms with van der Waals surface area (Å²) in [7, 11) is 0. The minimum Gasteiger partial charge on any atom is -0.465 e. The number of aromatic nitrogens is 1. The zero-order valence-electron chi connectivity index (χ0n) is 9.48. The molecule has 0 saturated carbocycles. The number of rotatable bonds is 2. The van der Waals surface area contributed by atoms with Crippen molar-refractivity contribution in [2.24, 2.45) is 0 Å². The second-order valence-corrected chi connectivity index (χ2v) is 4.14. The van der Waals surface area contributed by atoms with E-state index in [2.05, 4.69) is 16.8 Å². The molecule has 0 aliphatic carbocycles. The van der Waals surface area contributed by atoms with Gasteiger partial charge in [-0.05, 0) is 19.8 Å². The highest BCUT2D eigenvalue weighted by molar-refractivity contribution is 5.81. The summed E-state index contributed by atoms with van der Waals surface area (Å²) in [4.78, 5) is 16.2. The van der Waals surface area contributed by atoms with Gasteiger partial charge in [-0.2, -0.15) is 0 Å². The molecule has 0 aromatic carbocycles. The van der Waals surface area contributed by atoms with Gasteiger partial charge >= 0.3 is 6.09 Å². The fourth-order valence-electron chi connectivity index (χ4n) is 2.09. The van der Waals surface area contributed by atoms with E-state index in [1.807, 2.05) is 5.32 Å². The van der Waals surface area contributed by atoms with Crippen molar-refractivity contribution in [3.05, 3.63) is 18.1 Å². The minimum atomic E-state index is -1.32. The van der Waals surface area contributed by atoms with Crippen LogP contribution in [0.2, 0.25) is 0 Å². The Bertz CT molecular complexity index is 439. The Hall–Kier alpha value is -1.85. The lowest BCUT2D eigenvalue weighted by Gasteiger charge is -2.23. The molecule has 1 atom stereocenters. The van der Waals surface area contributed by atoms with E-state index in [9.17, 15) is 9.18 Å². The maximum Gasteiger partial charge on any atom is 0.410 e. The van der Waals surface area contributed by atoms with Crippen LogP contribution in [0.4, 0.5) is 20.7 Å². The maximum atomic E-state index is 13.6. The number of nitrogens with one attached hydrogen (secondary N) is 1. The molecule has 0 radical (unpaired) electrons. The zero-order valence-corrected chi connectivity index (χ0v) is 9.48. The van der Waals surface area contributed by atoms with Crippen LogP contribution in [0.5, 0.6) is 0 Å². The molecule has 2 heterocycles. The molecule has 1 saturated heterocycles. The highest BCUT2D eigenvalue weighted by Crippen LogP contribution is 2.26. The topological polar surface area (TPSA) is 65.5 Å². The Balaban J connectivity index is 2.21. The van der Waals surface area contributed by atoms with E-state index < -0.39 is 11.9 Å². The van der Waals surface area contributed by atoms with Gasteiger partial charge in [-0.1, -0.05) is 0 Å². The number of pyridine rings is 1. The third-order valence-electron chi connectivity index (χ3n) is 2.94. The smallest absolute Gasteiger partial charge is 0.410 e. The van der Waals surface area contributed by atoms with E-state index in [1.165, 1.54) is 12.3 Å². The van der Waals surface area contributed by atoms with Crippen LogP contribution in [0, 0.1) is 5.82 Å². The monoisotopic (exact) mass is 239 g/mol. The van der Waals surface area contributed by atoms with Crippen molar-refractivity contribution in [3.8, 4) is 0 Å². The average Bonchev–Trinajstić information content (AvgIpc) is 2.67. The van der Waals surface area contributed by atoms with E-state index in [4.69, 9.17) is 5.11 Å². The lowest BCUT2D eigenvalue weighted by molar-refractivity contribution is 0.209. The summed E-state index contributed by atoms with van der Waals surface area (Å²) in [6.07, 6.45) is 2.34. The summed E-state index contributed by atoms with van der Waals surface area (Å²) in [5.41, 5.74) is 0.698. The number of halogens is 1. The first-order chi connectivity index (χ1) is 8.08. The lowest BCUT2D eigenvalue weighted by Crippen LogP contribution is -2.26. The lowest BCUT2D eigenvalue weighted by atomic mass is 10.2. The summed E-state index contributed by atoms with van der Waals surface area (Å²) in [6, 6.07) is 1.69. The van der Waals surface area contributed by atoms with Crippen LogP contribution in [0.25, 0.3) is 0 Å². The molecular formula is C11H14FN3O2. The predicted molar refractivity (Wildman–Crippen MR) is 61.9 cm³/mol. The number of carboxylic acid groups (broad SMARTS) is 1. The minimum absolute atomic E-state index is 0.256. The number of anilines is 2. The van der Waals surface area contributed by atoms with Crippen molar-refractivity contribution < 1.29 is 14.3 Å². The summed E-state index contributed by atoms with van der Waals surface area (Å²) in [5, 5.41) is 10.4. The highest BCUT2D eigenvalue weighted by Gasteiger charge is 2.21. The van der Waals surface area contributed by atoms with Crippen molar-refractivity contribution in [2.75, 3.05) is 16.8 Å². The van der Waals surface area contributed by atoms with Crippen LogP contribution in [0.1, 0.15) is 19.8 Å². The standard InChI is InChI=1S/C11H14FN3O2/c1-7-3-2-4-15(7)8-5-9(12)10(13-6-8)14-11(16)17/h5-7H,2-4H2,1H3,(H,13,14)(H,16,17)/t7-/m1/s1. The molecule has 5 nitrogen and oxygen atoms in total. The molecule has 1 aromatic rings. The molecule has 1 amide bonds. The van der Waals surface area contributed by atoms with Crippen LogP contribution in [-0.4, -0.2) is 28.8 Å². The van der Waals surface area contributed by atoms with Gasteiger partial charge in [0.2, 0.25) is 0 Å². The third kappa shape index (κ3) is 2.46. The molecule has 0 spiro atoms. The molecule has 2 rings (SSSR count). The quantitative estimate of drug-likeness (QED) is 0.831. The fourth-order valence-corrected chi connectivity index (χ4v) is 2.09. The van der Waals surface area contributed by atoms with Gasteiger partial charge < -0.3 is 10.0 Å². The van der Waals surface area contributed by atoms with E-state index >= 15 is 0 Å². The Morgan fingerprint density at radius 3 is 3.00 bits per heavy atom. The molecule has 0 bridgehead atoms. The van der Waals surface area contributed by atoms with Gasteiger partial charge in [0, 0.05) is 18.7 Å². The Morgan fingerprint density at radius 2 is 2.47 bits per heavy atom. The van der Waals surface area contributed by atoms with E-state index in [0.29, 0.717) is 11.7 Å². The van der Waals surface area contributed by atoms with Gasteiger partial charge in [-0.15, -0.1) is 0 Å². The Morgan fingerprint density at radius 1 is 1.71 bits per heavy atom. The van der Waals surface area contributed by atoms with Crippen LogP contribution < -0.4 is 10.2 Å². The summed E-state index contributed by atoms with van der Waals surface area (Å²) in [6.45, 7) is 2.96. The van der Waals surface area contributed by atoms with Crippen LogP contribution in [-0.2, 0) is 0 Å². The van der Waals surface area contributed by atoms with Gasteiger partial charge in [0.15, 0.2) is 11.6 Å². The average molecular weight is 239 g/mol. The number of amides is 1. The first-order valence-electron chi connectivity index (χ1n) is 5.50. The van der Waals surface area contributed by atoms with Gasteiger partial charge in [-0.25, -0.2) is 14.2 Å². The van der Waals surface area contributed by atoms with Gasteiger partial charge in [0.1, 0.15) is 0 Å². The molecule has 92 valence electrons. The van der Waals surface area contributed by atoms with Crippen LogP contribution in [0.15, 0.2) is 12.3 Å². The Labute approximate surface area is 98.3 Å². The molecule has 6 heteroatoms. The molecule has 2 N–H and O–H groups in total. The SMILES string of the molecule is C[C@@H]1CCCN1c1cnc(NC(=O)O)c(F)c1. The Kier molecular flexibility index (Phi) is 3.12. The molecule has 0 unspecified atom stereocenters. The van der Waals surface area contributed by atoms with Crippen molar-refractivity contribution in [2.45, 2.75) is 25.8 Å². The first kappa shape index (κ1) is 11.6. The first-order valence-corrected chi connectivity index (χ1v) is 5.50. The number of hydrogen-bond acceptors (Lipinski definition) is 3. The molecule has 1 aliphatic heterocycles. The van der Waals surface area contributed by atoms with Crippen LogP contribution >= 0.6 is 0 Å². The second kappa shape index (κ2) is 4.57. The predicted octanol–water partition coefficient (Wildman–Crippen LogP) is 2.30. The summed E-state index contributed by atoms with van der Waals surface area (Å²) in [5.74, 6) is -0.905. The molecule has 1 fully saturated rings. The van der Waals surface area contributed by atoms with Crippen molar-refractivity contribution in [3.63, 3.8) is 0 Å². The highest BCUT2D eigenvalue weighted by atomic mass is 19.1. The molecular weight excluding hydrogens is 225 g/mol. The molecule has 1 aromatic heterocycles. The number of hydrogen-bond donors (Lipinski definition) is 2. The summed E-state index contributed by atoms with van der Waals surface area (Å²) >= 11 is 0. The van der Waals surface area contributed by atoms with E-state index in [1.54, 1.807) is 0 Å². The van der Waals surface area contributed by atoms with E-state index in [-0.39, 0.29) is 5.82 Å². The zero-order chi connectivity index (χ0) is 12.4. The van der Waals surface area contributed by atoms with Crippen molar-refractivity contribution in [1.29, 1.82) is 0 Å². The molecule has 1 aliphatic rings. The number of nitrogens with zero attached hydrogens (tertiary/aromatic N) is 2. The second-order valence-electron chi connectivity index (χ2n) is 4.14. The normalized spacial score (nSPS) is 19.4. The van der Waals surface area contributed by atoms with Gasteiger partial charge in [0.05, 0.1) is 11.9 Å². The van der Waals surface area contributed by atoms with E-state index in [0.717, 1.165) is 19.4 Å². The van der Waals surface area contributed by atoms with Gasteiger partial charge in [-0.3, -0.25) is 5.32 Å². The fraction of sp³-hybridized carbons (Fsp3) is 0.455. The van der Waals surface area contributed by atoms with Crippen molar-refractivity contribution in [1.82, 2.24) is 4.98 Å². The largest absolute Gasteiger partial charge is 0.465 e. The van der Waals surface area contributed by atoms with Gasteiger partial charge in [0.25, 0.3) is 0 Å². The van der Waals surface area contributed by atoms with Crippen LogP contribution in [0.3, 0.4) is 0 Å². The maximum absolute atomic E-state index is 13.6. The summed E-state index contributed by atoms with van der Waals surface area (Å²) < 4.78 is 13.6. The van der Waals surface area contributed by atoms with Crippen molar-refractivity contribution >= 4 is 17.6 Å². The third-order valence-corrected chi connectivity index (χ3v) is 2.94. The molecule has 17 heavy (non-hydrogen) atoms.